The number of para-hydroxylation sites is 1. The summed E-state index contributed by atoms with van der Waals surface area (Å²) < 4.78 is 7.58. The maximum absolute atomic E-state index is 12.3. The monoisotopic (exact) mass is 401 g/mol. The lowest BCUT2D eigenvalue weighted by Crippen LogP contribution is -2.43. The molecule has 28 heavy (non-hydrogen) atoms. The van der Waals surface area contributed by atoms with Crippen LogP contribution >= 0.6 is 11.9 Å². The first-order chi connectivity index (χ1) is 13.5. The topological polar surface area (TPSA) is 114 Å². The second-order valence-electron chi connectivity index (χ2n) is 6.23. The minimum atomic E-state index is -0.509. The normalized spacial score (nSPS) is 14.5. The van der Waals surface area contributed by atoms with Gasteiger partial charge in [-0.2, -0.15) is 0 Å². The fourth-order valence-electron chi connectivity index (χ4n) is 2.66. The summed E-state index contributed by atoms with van der Waals surface area (Å²) in [6.45, 7) is 2.97. The van der Waals surface area contributed by atoms with E-state index in [9.17, 15) is 9.59 Å². The van der Waals surface area contributed by atoms with Gasteiger partial charge in [0.15, 0.2) is 0 Å². The van der Waals surface area contributed by atoms with Crippen molar-refractivity contribution in [2.75, 3.05) is 43.9 Å². The van der Waals surface area contributed by atoms with Crippen LogP contribution in [0.2, 0.25) is 0 Å². The maximum atomic E-state index is 12.3. The van der Waals surface area contributed by atoms with Crippen LogP contribution in [0.5, 0.6) is 0 Å². The van der Waals surface area contributed by atoms with E-state index in [1.165, 1.54) is 0 Å². The van der Waals surface area contributed by atoms with Crippen molar-refractivity contribution in [1.29, 1.82) is 0 Å². The van der Waals surface area contributed by atoms with E-state index >= 15 is 0 Å². The molecule has 1 aliphatic heterocycles. The Morgan fingerprint density at radius 1 is 1.11 bits per heavy atom. The number of nitrogens with one attached hydrogen (secondary N) is 1. The average Bonchev–Trinajstić information content (AvgIpc) is 2.70. The van der Waals surface area contributed by atoms with Crippen LogP contribution in [0.4, 0.5) is 11.4 Å². The summed E-state index contributed by atoms with van der Waals surface area (Å²) >= 11 is 1.66. The number of carbonyl (C=O) groups is 2. The highest BCUT2D eigenvalue weighted by molar-refractivity contribution is 7.97. The molecule has 148 valence electrons. The standard InChI is InChI=1S/C19H23N5O3S/c20-17-4-2-1-3-16(17)19(26)24(21)13-18(25)22-14-5-7-15(8-6-14)28-23-9-11-27-12-10-23/h1-8H,9-13,20-21H2,(H,22,25). The molecule has 0 atom stereocenters. The highest BCUT2D eigenvalue weighted by Crippen LogP contribution is 2.24. The number of nitrogen functional groups attached to an aromatic ring is 1. The highest BCUT2D eigenvalue weighted by atomic mass is 32.2. The van der Waals surface area contributed by atoms with Gasteiger partial charge in [0.25, 0.3) is 5.91 Å². The van der Waals surface area contributed by atoms with Crippen LogP contribution < -0.4 is 16.9 Å². The van der Waals surface area contributed by atoms with Crippen molar-refractivity contribution in [3.05, 3.63) is 54.1 Å². The fourth-order valence-corrected chi connectivity index (χ4v) is 3.55. The van der Waals surface area contributed by atoms with Gasteiger partial charge in [0.2, 0.25) is 5.91 Å². The van der Waals surface area contributed by atoms with Crippen LogP contribution in [0.25, 0.3) is 0 Å². The largest absolute Gasteiger partial charge is 0.398 e. The van der Waals surface area contributed by atoms with Crippen LogP contribution in [-0.2, 0) is 9.53 Å². The molecule has 1 fully saturated rings. The molecule has 2 aromatic rings. The van der Waals surface area contributed by atoms with Crippen LogP contribution in [0.3, 0.4) is 0 Å². The molecule has 1 saturated heterocycles. The third-order valence-corrected chi connectivity index (χ3v) is 5.21. The van der Waals surface area contributed by atoms with Crippen molar-refractivity contribution in [1.82, 2.24) is 9.31 Å². The molecule has 0 aromatic heterocycles. The van der Waals surface area contributed by atoms with Gasteiger partial charge in [-0.3, -0.25) is 14.6 Å². The van der Waals surface area contributed by atoms with Gasteiger partial charge in [-0.1, -0.05) is 12.1 Å². The molecule has 1 aliphatic rings. The second kappa shape index (κ2) is 9.56. The molecule has 3 rings (SSSR count). The summed E-state index contributed by atoms with van der Waals surface area (Å²) in [6.07, 6.45) is 0. The molecule has 0 spiro atoms. The Morgan fingerprint density at radius 2 is 1.79 bits per heavy atom. The molecule has 2 amide bonds. The van der Waals surface area contributed by atoms with E-state index in [4.69, 9.17) is 16.3 Å². The second-order valence-corrected chi connectivity index (χ2v) is 7.40. The summed E-state index contributed by atoms with van der Waals surface area (Å²) in [5.74, 6) is 4.85. The third-order valence-electron chi connectivity index (χ3n) is 4.11. The van der Waals surface area contributed by atoms with Gasteiger partial charge in [0, 0.05) is 29.4 Å². The number of carbonyl (C=O) groups excluding carboxylic acids is 2. The Morgan fingerprint density at radius 3 is 2.46 bits per heavy atom. The number of ether oxygens (including phenoxy) is 1. The zero-order chi connectivity index (χ0) is 19.9. The Kier molecular flexibility index (Phi) is 6.88. The SMILES string of the molecule is Nc1ccccc1C(=O)N(N)CC(=O)Nc1ccc(SN2CCOCC2)cc1. The van der Waals surface area contributed by atoms with Gasteiger partial charge in [-0.05, 0) is 48.3 Å². The summed E-state index contributed by atoms with van der Waals surface area (Å²) in [5.41, 5.74) is 7.00. The molecule has 0 saturated carbocycles. The third kappa shape index (κ3) is 5.46. The zero-order valence-electron chi connectivity index (χ0n) is 15.3. The molecule has 2 aromatic carbocycles. The maximum Gasteiger partial charge on any atom is 0.270 e. The number of nitrogens with two attached hydrogens (primary N) is 2. The summed E-state index contributed by atoms with van der Waals surface area (Å²) in [6, 6.07) is 14.1. The molecule has 0 bridgehead atoms. The van der Waals surface area contributed by atoms with Gasteiger partial charge in [0.05, 0.1) is 18.8 Å². The first-order valence-corrected chi connectivity index (χ1v) is 9.62. The molecule has 0 unspecified atom stereocenters. The first kappa shape index (κ1) is 20.2. The van der Waals surface area contributed by atoms with Crippen molar-refractivity contribution in [3.63, 3.8) is 0 Å². The van der Waals surface area contributed by atoms with Crippen molar-refractivity contribution in [2.45, 2.75) is 4.90 Å². The van der Waals surface area contributed by atoms with Gasteiger partial charge in [-0.15, -0.1) is 0 Å². The average molecular weight is 401 g/mol. The molecule has 5 N–H and O–H groups in total. The quantitative estimate of drug-likeness (QED) is 0.221. The summed E-state index contributed by atoms with van der Waals surface area (Å²) in [5, 5.41) is 3.59. The predicted molar refractivity (Wildman–Crippen MR) is 109 cm³/mol. The Bertz CT molecular complexity index is 825. The van der Waals surface area contributed by atoms with Crippen LogP contribution in [-0.4, -0.2) is 54.0 Å². The summed E-state index contributed by atoms with van der Waals surface area (Å²) in [7, 11) is 0. The fraction of sp³-hybridized carbons (Fsp3) is 0.263. The van der Waals surface area contributed by atoms with Gasteiger partial charge >= 0.3 is 0 Å². The minimum Gasteiger partial charge on any atom is -0.398 e. The molecular weight excluding hydrogens is 378 g/mol. The van der Waals surface area contributed by atoms with E-state index in [0.717, 1.165) is 36.2 Å². The van der Waals surface area contributed by atoms with Gasteiger partial charge < -0.3 is 15.8 Å². The van der Waals surface area contributed by atoms with E-state index in [-0.39, 0.29) is 18.0 Å². The van der Waals surface area contributed by atoms with E-state index < -0.39 is 5.91 Å². The van der Waals surface area contributed by atoms with E-state index in [1.807, 2.05) is 24.3 Å². The first-order valence-electron chi connectivity index (χ1n) is 8.84. The summed E-state index contributed by atoms with van der Waals surface area (Å²) in [4.78, 5) is 25.6. The number of morpholine rings is 1. The van der Waals surface area contributed by atoms with Crippen LogP contribution in [0.15, 0.2) is 53.4 Å². The molecule has 8 nitrogen and oxygen atoms in total. The lowest BCUT2D eigenvalue weighted by atomic mass is 10.1. The zero-order valence-corrected chi connectivity index (χ0v) is 16.2. The Balaban J connectivity index is 1.51. The number of hydrazine groups is 1. The van der Waals surface area contributed by atoms with Gasteiger partial charge in [-0.25, -0.2) is 10.1 Å². The van der Waals surface area contributed by atoms with Crippen molar-refractivity contribution >= 4 is 35.1 Å². The molecule has 9 heteroatoms. The predicted octanol–water partition coefficient (Wildman–Crippen LogP) is 1.56. The van der Waals surface area contributed by atoms with E-state index in [0.29, 0.717) is 11.4 Å². The minimum absolute atomic E-state index is 0.266. The number of benzene rings is 2. The molecule has 1 heterocycles. The lowest BCUT2D eigenvalue weighted by Gasteiger charge is -2.25. The number of hydrogen-bond acceptors (Lipinski definition) is 7. The Hall–Kier alpha value is -2.59. The van der Waals surface area contributed by atoms with Crippen LogP contribution in [0, 0.1) is 0 Å². The highest BCUT2D eigenvalue weighted by Gasteiger charge is 2.18. The lowest BCUT2D eigenvalue weighted by molar-refractivity contribution is -0.116. The molecule has 0 aliphatic carbocycles. The van der Waals surface area contributed by atoms with Crippen molar-refractivity contribution in [2.24, 2.45) is 5.84 Å². The van der Waals surface area contributed by atoms with Crippen molar-refractivity contribution < 1.29 is 14.3 Å². The number of anilines is 2. The molecule has 0 radical (unpaired) electrons. The van der Waals surface area contributed by atoms with E-state index in [1.54, 1.807) is 36.2 Å². The number of amides is 2. The Labute approximate surface area is 167 Å². The number of hydrogen-bond donors (Lipinski definition) is 3. The number of rotatable bonds is 6. The van der Waals surface area contributed by atoms with E-state index in [2.05, 4.69) is 9.62 Å². The van der Waals surface area contributed by atoms with Crippen LogP contribution in [0.1, 0.15) is 10.4 Å². The smallest absolute Gasteiger partial charge is 0.270 e. The van der Waals surface area contributed by atoms with Gasteiger partial charge in [0.1, 0.15) is 6.54 Å². The molecular formula is C19H23N5O3S. The number of nitrogens with zero attached hydrogens (tertiary/aromatic N) is 2. The van der Waals surface area contributed by atoms with Crippen molar-refractivity contribution in [3.8, 4) is 0 Å².